The summed E-state index contributed by atoms with van der Waals surface area (Å²) in [6.45, 7) is 16.1. The van der Waals surface area contributed by atoms with Gasteiger partial charge in [-0.05, 0) is 92.5 Å². The summed E-state index contributed by atoms with van der Waals surface area (Å²) in [6, 6.07) is 15.3. The molecule has 0 atom stereocenters. The molecule has 2 saturated heterocycles. The fourth-order valence-electron chi connectivity index (χ4n) is 6.40. The van der Waals surface area contributed by atoms with E-state index in [4.69, 9.17) is 4.74 Å². The van der Waals surface area contributed by atoms with E-state index in [9.17, 15) is 9.59 Å². The first-order valence-corrected chi connectivity index (χ1v) is 15.0. The molecule has 1 aromatic heterocycles. The number of aromatic nitrogens is 1. The van der Waals surface area contributed by atoms with Crippen LogP contribution in [0, 0.1) is 26.7 Å². The minimum Gasteiger partial charge on any atom is -0.381 e. The molecule has 0 spiro atoms. The molecule has 2 aliphatic rings. The van der Waals surface area contributed by atoms with Crippen molar-refractivity contribution in [2.24, 2.45) is 5.92 Å². The number of anilines is 1. The highest BCUT2D eigenvalue weighted by Gasteiger charge is 2.25. The van der Waals surface area contributed by atoms with Crippen molar-refractivity contribution < 1.29 is 9.53 Å². The van der Waals surface area contributed by atoms with Crippen LogP contribution in [0.25, 0.3) is 11.1 Å². The molecule has 0 radical (unpaired) electrons. The van der Waals surface area contributed by atoms with Crippen LogP contribution in [0.3, 0.4) is 0 Å². The van der Waals surface area contributed by atoms with Crippen molar-refractivity contribution in [2.45, 2.75) is 66.6 Å². The molecule has 7 nitrogen and oxygen atoms in total. The zero-order valence-electron chi connectivity index (χ0n) is 25.2. The summed E-state index contributed by atoms with van der Waals surface area (Å²) in [5, 5.41) is 3.04. The number of aryl methyl sites for hydroxylation is 2. The van der Waals surface area contributed by atoms with E-state index in [-0.39, 0.29) is 18.0 Å². The molecule has 1 amide bonds. The summed E-state index contributed by atoms with van der Waals surface area (Å²) in [7, 11) is 0. The van der Waals surface area contributed by atoms with Crippen molar-refractivity contribution in [2.75, 3.05) is 37.7 Å². The molecule has 2 aliphatic heterocycles. The van der Waals surface area contributed by atoms with Crippen molar-refractivity contribution in [1.29, 1.82) is 0 Å². The zero-order valence-corrected chi connectivity index (χ0v) is 25.2. The lowest BCUT2D eigenvalue weighted by Gasteiger charge is -2.37. The topological polar surface area (TPSA) is 77.7 Å². The molecule has 2 aromatic carbocycles. The molecular weight excluding hydrogens is 512 g/mol. The van der Waals surface area contributed by atoms with E-state index in [1.165, 1.54) is 5.56 Å². The molecule has 3 heterocycles. The number of hydrogen-bond acceptors (Lipinski definition) is 5. The maximum Gasteiger partial charge on any atom is 0.253 e. The quantitative estimate of drug-likeness (QED) is 0.371. The van der Waals surface area contributed by atoms with Crippen LogP contribution < -0.4 is 15.8 Å². The molecule has 5 rings (SSSR count). The largest absolute Gasteiger partial charge is 0.381 e. The molecule has 2 fully saturated rings. The van der Waals surface area contributed by atoms with Crippen molar-refractivity contribution >= 4 is 11.6 Å². The summed E-state index contributed by atoms with van der Waals surface area (Å²) in [5.41, 5.74) is 8.23. The third kappa shape index (κ3) is 6.57. The van der Waals surface area contributed by atoms with Crippen molar-refractivity contribution in [3.63, 3.8) is 0 Å². The second-order valence-corrected chi connectivity index (χ2v) is 11.9. The van der Waals surface area contributed by atoms with Gasteiger partial charge in [0, 0.05) is 74.5 Å². The molecule has 0 unspecified atom stereocenters. The van der Waals surface area contributed by atoms with E-state index in [1.54, 1.807) is 0 Å². The second kappa shape index (κ2) is 12.6. The Morgan fingerprint density at radius 1 is 1.05 bits per heavy atom. The van der Waals surface area contributed by atoms with Crippen LogP contribution in [0.15, 0.2) is 47.3 Å². The third-order valence-corrected chi connectivity index (χ3v) is 8.66. The van der Waals surface area contributed by atoms with Gasteiger partial charge in [-0.2, -0.15) is 0 Å². The number of benzene rings is 2. The Morgan fingerprint density at radius 3 is 2.39 bits per heavy atom. The number of H-pyrrole nitrogens is 1. The lowest BCUT2D eigenvalue weighted by atomic mass is 9.94. The summed E-state index contributed by atoms with van der Waals surface area (Å²) in [6.07, 6.45) is 1.94. The van der Waals surface area contributed by atoms with Crippen LogP contribution in [0.4, 0.5) is 5.69 Å². The minimum atomic E-state index is -0.170. The third-order valence-electron chi connectivity index (χ3n) is 8.66. The minimum absolute atomic E-state index is 0.154. The molecule has 3 aromatic rings. The van der Waals surface area contributed by atoms with Gasteiger partial charge in [-0.25, -0.2) is 0 Å². The van der Waals surface area contributed by atoms with E-state index in [2.05, 4.69) is 64.3 Å². The predicted octanol–water partition coefficient (Wildman–Crippen LogP) is 5.35. The van der Waals surface area contributed by atoms with Crippen LogP contribution in [-0.2, 0) is 17.8 Å². The van der Waals surface area contributed by atoms with Crippen LogP contribution in [0.1, 0.15) is 65.0 Å². The number of aromatic amines is 1. The van der Waals surface area contributed by atoms with E-state index >= 15 is 0 Å². The maximum atomic E-state index is 13.7. The molecule has 0 aliphatic carbocycles. The number of rotatable bonds is 9. The van der Waals surface area contributed by atoms with E-state index < -0.39 is 0 Å². The lowest BCUT2D eigenvalue weighted by molar-refractivity contribution is 0.0846. The number of hydrogen-bond donors (Lipinski definition) is 2. The maximum absolute atomic E-state index is 13.7. The number of nitrogens with zero attached hydrogens (tertiary/aromatic N) is 2. The molecule has 218 valence electrons. The Morgan fingerprint density at radius 2 is 1.76 bits per heavy atom. The second-order valence-electron chi connectivity index (χ2n) is 11.9. The fraction of sp³-hybridized carbons (Fsp3) is 0.471. The molecule has 0 bridgehead atoms. The highest BCUT2D eigenvalue weighted by atomic mass is 16.5. The smallest absolute Gasteiger partial charge is 0.253 e. The van der Waals surface area contributed by atoms with Gasteiger partial charge < -0.3 is 19.9 Å². The standard InChI is InChI=1S/C34H44N4O3/c1-6-38(29-11-13-41-14-12-29)32-17-28(27-9-7-26(8-10-27)21-37-19-22(2)20-37)16-30(25(32)5)33(39)35-18-31-23(3)15-24(4)36-34(31)40/h7-10,15-17,22,29H,6,11-14,18-21H2,1-5H3,(H,35,39)(H,36,40). The number of carbonyl (C=O) groups is 1. The Balaban J connectivity index is 1.47. The Kier molecular flexibility index (Phi) is 8.95. The highest BCUT2D eigenvalue weighted by Crippen LogP contribution is 2.34. The number of carbonyl (C=O) groups excluding carboxylic acids is 1. The van der Waals surface area contributed by atoms with Crippen LogP contribution in [0.5, 0.6) is 0 Å². The monoisotopic (exact) mass is 556 g/mol. The van der Waals surface area contributed by atoms with Gasteiger partial charge in [0.05, 0.1) is 0 Å². The van der Waals surface area contributed by atoms with E-state index in [0.29, 0.717) is 17.2 Å². The van der Waals surface area contributed by atoms with Gasteiger partial charge in [-0.3, -0.25) is 14.5 Å². The molecular formula is C34H44N4O3. The summed E-state index contributed by atoms with van der Waals surface area (Å²) < 4.78 is 5.65. The SMILES string of the molecule is CCN(c1cc(-c2ccc(CN3CC(C)C3)cc2)cc(C(=O)NCc2c(C)cc(C)[nH]c2=O)c1C)C1CCOCC1. The first-order chi connectivity index (χ1) is 19.7. The molecule has 0 saturated carbocycles. The highest BCUT2D eigenvalue weighted by molar-refractivity contribution is 5.99. The van der Waals surface area contributed by atoms with Gasteiger partial charge in [0.15, 0.2) is 0 Å². The normalized spacial score (nSPS) is 16.4. The average molecular weight is 557 g/mol. The van der Waals surface area contributed by atoms with Crippen LogP contribution in [-0.4, -0.2) is 54.7 Å². The predicted molar refractivity (Wildman–Crippen MR) is 166 cm³/mol. The Hall–Kier alpha value is -3.42. The number of likely N-dealkylation sites (tertiary alicyclic amines) is 1. The average Bonchev–Trinajstić information content (AvgIpc) is 2.94. The fourth-order valence-corrected chi connectivity index (χ4v) is 6.40. The number of nitrogens with one attached hydrogen (secondary N) is 2. The summed E-state index contributed by atoms with van der Waals surface area (Å²) in [5.74, 6) is 0.617. The Labute approximate surface area is 243 Å². The molecule has 41 heavy (non-hydrogen) atoms. The van der Waals surface area contributed by atoms with Gasteiger partial charge in [0.1, 0.15) is 0 Å². The summed E-state index contributed by atoms with van der Waals surface area (Å²) in [4.78, 5) is 34.1. The van der Waals surface area contributed by atoms with Gasteiger partial charge >= 0.3 is 0 Å². The zero-order chi connectivity index (χ0) is 29.1. The van der Waals surface area contributed by atoms with Gasteiger partial charge in [0.2, 0.25) is 0 Å². The first kappa shape index (κ1) is 29.1. The van der Waals surface area contributed by atoms with Crippen LogP contribution >= 0.6 is 0 Å². The number of ether oxygens (including phenoxy) is 1. The molecule has 7 heteroatoms. The van der Waals surface area contributed by atoms with Crippen molar-refractivity contribution in [1.82, 2.24) is 15.2 Å². The van der Waals surface area contributed by atoms with Gasteiger partial charge in [0.25, 0.3) is 11.5 Å². The lowest BCUT2D eigenvalue weighted by Crippen LogP contribution is -2.44. The number of amides is 1. The Bertz CT molecular complexity index is 1430. The first-order valence-electron chi connectivity index (χ1n) is 15.0. The van der Waals surface area contributed by atoms with E-state index in [1.807, 2.05) is 32.9 Å². The van der Waals surface area contributed by atoms with Crippen molar-refractivity contribution in [3.05, 3.63) is 86.3 Å². The van der Waals surface area contributed by atoms with Gasteiger partial charge in [-0.15, -0.1) is 0 Å². The van der Waals surface area contributed by atoms with Crippen molar-refractivity contribution in [3.8, 4) is 11.1 Å². The van der Waals surface area contributed by atoms with Crippen LogP contribution in [0.2, 0.25) is 0 Å². The van der Waals surface area contributed by atoms with Gasteiger partial charge in [-0.1, -0.05) is 31.2 Å². The van der Waals surface area contributed by atoms with E-state index in [0.717, 1.165) is 91.8 Å². The molecule has 2 N–H and O–H groups in total. The number of pyridine rings is 1. The summed E-state index contributed by atoms with van der Waals surface area (Å²) >= 11 is 0.